The Hall–Kier alpha value is -0.905. The van der Waals surface area contributed by atoms with Gasteiger partial charge in [-0.15, -0.1) is 11.8 Å². The van der Waals surface area contributed by atoms with Gasteiger partial charge in [-0.05, 0) is 25.1 Å². The van der Waals surface area contributed by atoms with Crippen LogP contribution in [-0.4, -0.2) is 12.8 Å². The van der Waals surface area contributed by atoms with E-state index < -0.39 is 5.82 Å². The molecule has 2 N–H and O–H groups in total. The summed E-state index contributed by atoms with van der Waals surface area (Å²) in [6, 6.07) is 4.70. The van der Waals surface area contributed by atoms with Gasteiger partial charge in [-0.2, -0.15) is 0 Å². The van der Waals surface area contributed by atoms with Gasteiger partial charge in [0.1, 0.15) is 19.5 Å². The lowest BCUT2D eigenvalue weighted by Crippen LogP contribution is -2.07. The number of hydrogen-bond donors (Lipinski definition) is 1. The molecule has 0 radical (unpaired) electrons. The van der Waals surface area contributed by atoms with Crippen molar-refractivity contribution >= 4 is 54.1 Å². The fourth-order valence-electron chi connectivity index (χ4n) is 1.81. The minimum atomic E-state index is -0.478. The van der Waals surface area contributed by atoms with Crippen LogP contribution in [0, 0.1) is 5.82 Å². The molecule has 0 spiro atoms. The Balaban J connectivity index is 2.35. The van der Waals surface area contributed by atoms with Crippen LogP contribution in [0.25, 0.3) is 0 Å². The quantitative estimate of drug-likeness (QED) is 0.534. The highest BCUT2D eigenvalue weighted by molar-refractivity contribution is 7.99. The fraction of sp³-hybridized carbons (Fsp3) is 0.154. The van der Waals surface area contributed by atoms with Gasteiger partial charge in [-0.1, -0.05) is 28.7 Å². The average molecular weight is 329 g/mol. The van der Waals surface area contributed by atoms with Crippen molar-refractivity contribution in [3.05, 3.63) is 45.8 Å². The first-order valence-corrected chi connectivity index (χ1v) is 7.56. The summed E-state index contributed by atoms with van der Waals surface area (Å²) < 4.78 is 13.6. The van der Waals surface area contributed by atoms with E-state index in [1.54, 1.807) is 6.20 Å². The van der Waals surface area contributed by atoms with E-state index in [4.69, 9.17) is 28.9 Å². The summed E-state index contributed by atoms with van der Waals surface area (Å²) in [6.07, 6.45) is 1.70. The zero-order valence-electron chi connectivity index (χ0n) is 11.0. The highest BCUT2D eigenvalue weighted by Gasteiger charge is 2.19. The van der Waals surface area contributed by atoms with E-state index in [1.807, 2.05) is 20.8 Å². The number of halogens is 3. The summed E-state index contributed by atoms with van der Waals surface area (Å²) in [5.41, 5.74) is 7.42. The Kier molecular flexibility index (Phi) is 4.84. The second-order valence-electron chi connectivity index (χ2n) is 4.41. The van der Waals surface area contributed by atoms with Gasteiger partial charge in [0.15, 0.2) is 0 Å². The van der Waals surface area contributed by atoms with Crippen molar-refractivity contribution in [1.82, 2.24) is 4.98 Å². The number of hydrogen-bond acceptors (Lipinski definition) is 3. The summed E-state index contributed by atoms with van der Waals surface area (Å²) in [7, 11) is 1.93. The molecule has 0 unspecified atom stereocenters. The van der Waals surface area contributed by atoms with Crippen molar-refractivity contribution in [3.8, 4) is 0 Å². The van der Waals surface area contributed by atoms with Crippen molar-refractivity contribution < 1.29 is 4.39 Å². The molecule has 2 rings (SSSR count). The Bertz CT molecular complexity index is 655. The second-order valence-corrected chi connectivity index (χ2v) is 6.58. The van der Waals surface area contributed by atoms with Crippen LogP contribution < -0.4 is 11.2 Å². The Morgan fingerprint density at radius 3 is 2.80 bits per heavy atom. The maximum atomic E-state index is 13.6. The van der Waals surface area contributed by atoms with Crippen molar-refractivity contribution in [2.75, 3.05) is 5.73 Å². The van der Waals surface area contributed by atoms with Crippen LogP contribution >= 0.6 is 35.0 Å². The van der Waals surface area contributed by atoms with Crippen LogP contribution in [0.3, 0.4) is 0 Å². The summed E-state index contributed by atoms with van der Waals surface area (Å²) in [4.78, 5) is 4.93. The van der Waals surface area contributed by atoms with Gasteiger partial charge in [0.2, 0.25) is 0 Å². The molecule has 0 aliphatic rings. The molecule has 1 aromatic heterocycles. The van der Waals surface area contributed by atoms with E-state index in [0.717, 1.165) is 10.4 Å². The number of nitrogen functional groups attached to an aromatic ring is 1. The summed E-state index contributed by atoms with van der Waals surface area (Å²) >= 11 is 13.6. The molecule has 0 fully saturated rings. The lowest BCUT2D eigenvalue weighted by molar-refractivity contribution is 0.626. The molecule has 0 saturated carbocycles. The average Bonchev–Trinajstić information content (AvgIpc) is 2.39. The van der Waals surface area contributed by atoms with E-state index in [2.05, 4.69) is 4.98 Å². The fourth-order valence-corrected chi connectivity index (χ4v) is 3.81. The normalized spacial score (nSPS) is 12.4. The number of nitrogens with zero attached hydrogens (tertiary/aromatic N) is 1. The highest BCUT2D eigenvalue weighted by Crippen LogP contribution is 2.43. The van der Waals surface area contributed by atoms with Crippen molar-refractivity contribution in [2.24, 2.45) is 0 Å². The van der Waals surface area contributed by atoms with Crippen LogP contribution in [0.2, 0.25) is 10.0 Å². The lowest BCUT2D eigenvalue weighted by atomic mass is 9.99. The molecular weight excluding hydrogens is 317 g/mol. The van der Waals surface area contributed by atoms with E-state index in [1.165, 1.54) is 23.9 Å². The smallest absolute Gasteiger partial charge is 0.142 e. The zero-order chi connectivity index (χ0) is 14.9. The Morgan fingerprint density at radius 1 is 1.40 bits per heavy atom. The molecule has 1 heterocycles. The van der Waals surface area contributed by atoms with Gasteiger partial charge < -0.3 is 5.73 Å². The maximum Gasteiger partial charge on any atom is 0.142 e. The number of anilines is 1. The van der Waals surface area contributed by atoms with Crippen LogP contribution in [0.4, 0.5) is 10.2 Å². The van der Waals surface area contributed by atoms with E-state index in [9.17, 15) is 4.39 Å². The molecule has 0 saturated heterocycles. The third-order valence-electron chi connectivity index (χ3n) is 2.81. The molecule has 2 aromatic rings. The number of aromatic nitrogens is 1. The summed E-state index contributed by atoms with van der Waals surface area (Å²) in [6.45, 7) is 1.90. The van der Waals surface area contributed by atoms with E-state index >= 15 is 0 Å². The van der Waals surface area contributed by atoms with Crippen LogP contribution in [0.1, 0.15) is 17.7 Å². The number of pyridine rings is 1. The van der Waals surface area contributed by atoms with Crippen molar-refractivity contribution in [3.63, 3.8) is 0 Å². The molecule has 0 bridgehead atoms. The molecule has 0 aliphatic heterocycles. The zero-order valence-corrected chi connectivity index (χ0v) is 13.3. The standard InChI is InChI=1S/C13H12BCl2FN2S/c1-6(11-8(15)2-3-9(17)12(11)16)20-10-4-7(14)5-19-13(10)18/h2-6H,14H2,1H3,(H2,18,19)/t6-/m1/s1. The topological polar surface area (TPSA) is 38.9 Å². The minimum Gasteiger partial charge on any atom is -0.383 e. The van der Waals surface area contributed by atoms with Crippen molar-refractivity contribution in [1.29, 1.82) is 0 Å². The number of thioether (sulfide) groups is 1. The largest absolute Gasteiger partial charge is 0.383 e. The third kappa shape index (κ3) is 3.22. The molecular formula is C13H12BCl2FN2S. The minimum absolute atomic E-state index is 0.0525. The number of benzene rings is 1. The maximum absolute atomic E-state index is 13.6. The molecule has 7 heteroatoms. The molecule has 2 nitrogen and oxygen atoms in total. The van der Waals surface area contributed by atoms with E-state index in [0.29, 0.717) is 16.4 Å². The Morgan fingerprint density at radius 2 is 2.10 bits per heavy atom. The number of rotatable bonds is 3. The van der Waals surface area contributed by atoms with Crippen LogP contribution in [0.15, 0.2) is 29.3 Å². The molecule has 20 heavy (non-hydrogen) atoms. The molecule has 0 aliphatic carbocycles. The number of nitrogens with two attached hydrogens (primary N) is 1. The molecule has 1 atom stereocenters. The molecule has 0 amide bonds. The van der Waals surface area contributed by atoms with Gasteiger partial charge in [0.05, 0.1) is 5.02 Å². The second kappa shape index (κ2) is 6.25. The van der Waals surface area contributed by atoms with Gasteiger partial charge in [-0.25, -0.2) is 9.37 Å². The summed E-state index contributed by atoms with van der Waals surface area (Å²) in [5, 5.41) is 0.351. The predicted octanol–water partition coefficient (Wildman–Crippen LogP) is 3.22. The van der Waals surface area contributed by atoms with Gasteiger partial charge in [-0.3, -0.25) is 0 Å². The SMILES string of the molecule is Bc1cnc(N)c(S[C@H](C)c2c(Cl)ccc(F)c2Cl)c1. The van der Waals surface area contributed by atoms with Gasteiger partial charge in [0, 0.05) is 26.9 Å². The van der Waals surface area contributed by atoms with Crippen LogP contribution in [-0.2, 0) is 0 Å². The van der Waals surface area contributed by atoms with Gasteiger partial charge in [0.25, 0.3) is 0 Å². The molecule has 104 valence electrons. The first-order chi connectivity index (χ1) is 9.40. The summed E-state index contributed by atoms with van der Waals surface area (Å²) in [5.74, 6) is -0.0371. The highest BCUT2D eigenvalue weighted by atomic mass is 35.5. The first-order valence-electron chi connectivity index (χ1n) is 5.92. The van der Waals surface area contributed by atoms with E-state index in [-0.39, 0.29) is 10.3 Å². The first kappa shape index (κ1) is 15.5. The lowest BCUT2D eigenvalue weighted by Gasteiger charge is -2.16. The Labute approximate surface area is 132 Å². The molecule has 1 aromatic carbocycles. The van der Waals surface area contributed by atoms with Crippen LogP contribution in [0.5, 0.6) is 0 Å². The predicted molar refractivity (Wildman–Crippen MR) is 87.5 cm³/mol. The van der Waals surface area contributed by atoms with Gasteiger partial charge >= 0.3 is 0 Å². The monoisotopic (exact) mass is 328 g/mol. The third-order valence-corrected chi connectivity index (χ3v) is 4.69. The van der Waals surface area contributed by atoms with Crippen molar-refractivity contribution in [2.45, 2.75) is 17.1 Å².